The number of hydrogen-bond acceptors (Lipinski definition) is 4. The first-order valence-electron chi connectivity index (χ1n) is 11.3. The van der Waals surface area contributed by atoms with Crippen LogP contribution in [0, 0.1) is 40.4 Å². The SMILES string of the molecule is CC(CCC(=O)O)C1CCC2C3CCC4=C(O)C(=O)CCC4(C)C3CC(=O)C12C. The van der Waals surface area contributed by atoms with Crippen LogP contribution in [0.3, 0.4) is 0 Å². The number of aliphatic carboxylic acids is 1. The molecule has 5 heteroatoms. The Hall–Kier alpha value is -1.65. The lowest BCUT2D eigenvalue weighted by molar-refractivity contribution is -0.149. The van der Waals surface area contributed by atoms with E-state index in [9.17, 15) is 19.5 Å². The van der Waals surface area contributed by atoms with E-state index in [1.54, 1.807) is 0 Å². The molecule has 0 heterocycles. The molecule has 0 aromatic heterocycles. The molecule has 4 rings (SSSR count). The third kappa shape index (κ3) is 2.90. The van der Waals surface area contributed by atoms with Gasteiger partial charge in [-0.1, -0.05) is 20.8 Å². The summed E-state index contributed by atoms with van der Waals surface area (Å²) in [5, 5.41) is 19.5. The summed E-state index contributed by atoms with van der Waals surface area (Å²) in [4.78, 5) is 36.7. The minimum absolute atomic E-state index is 0.0235. The Morgan fingerprint density at radius 1 is 1.14 bits per heavy atom. The fourth-order valence-electron chi connectivity index (χ4n) is 7.89. The van der Waals surface area contributed by atoms with Crippen molar-refractivity contribution < 1.29 is 24.6 Å². The van der Waals surface area contributed by atoms with E-state index < -0.39 is 5.97 Å². The lowest BCUT2D eigenvalue weighted by Gasteiger charge is -2.57. The summed E-state index contributed by atoms with van der Waals surface area (Å²) < 4.78 is 0. The Balaban J connectivity index is 1.63. The molecule has 0 aromatic carbocycles. The number of hydrogen-bond donors (Lipinski definition) is 2. The second kappa shape index (κ2) is 6.95. The van der Waals surface area contributed by atoms with Crippen molar-refractivity contribution in [3.63, 3.8) is 0 Å². The maximum absolute atomic E-state index is 13.6. The Kier molecular flexibility index (Phi) is 4.94. The van der Waals surface area contributed by atoms with Crippen LogP contribution in [-0.4, -0.2) is 27.7 Å². The van der Waals surface area contributed by atoms with Gasteiger partial charge in [0.15, 0.2) is 11.5 Å². The van der Waals surface area contributed by atoms with Crippen LogP contribution in [0.1, 0.15) is 78.6 Å². The maximum Gasteiger partial charge on any atom is 0.303 e. The van der Waals surface area contributed by atoms with E-state index >= 15 is 0 Å². The van der Waals surface area contributed by atoms with E-state index in [4.69, 9.17) is 5.11 Å². The number of carbonyl (C=O) groups is 3. The predicted molar refractivity (Wildman–Crippen MR) is 108 cm³/mol. The first kappa shape index (κ1) is 20.6. The minimum Gasteiger partial charge on any atom is -0.504 e. The molecule has 160 valence electrons. The van der Waals surface area contributed by atoms with Gasteiger partial charge in [0, 0.05) is 24.7 Å². The van der Waals surface area contributed by atoms with Gasteiger partial charge in [-0.3, -0.25) is 14.4 Å². The van der Waals surface area contributed by atoms with Crippen LogP contribution >= 0.6 is 0 Å². The van der Waals surface area contributed by atoms with E-state index in [1.807, 2.05) is 0 Å². The standard InChI is InChI=1S/C24H34O5/c1-13(4-9-21(27)28)15-7-8-16-14-5-6-17-22(29)19(25)10-11-23(17,2)18(14)12-20(26)24(15,16)3/h13-16,18,29H,4-12H2,1-3H3,(H,27,28). The molecular weight excluding hydrogens is 368 g/mol. The van der Waals surface area contributed by atoms with Gasteiger partial charge in [0.1, 0.15) is 5.78 Å². The molecule has 0 saturated heterocycles. The molecule has 3 fully saturated rings. The number of allylic oxidation sites excluding steroid dienone is 1. The van der Waals surface area contributed by atoms with Gasteiger partial charge in [-0.2, -0.15) is 0 Å². The van der Waals surface area contributed by atoms with Crippen molar-refractivity contribution in [2.75, 3.05) is 0 Å². The van der Waals surface area contributed by atoms with Crippen LogP contribution in [0.25, 0.3) is 0 Å². The average molecular weight is 403 g/mol. The molecule has 7 unspecified atom stereocenters. The van der Waals surface area contributed by atoms with Crippen LogP contribution in [0.5, 0.6) is 0 Å². The van der Waals surface area contributed by atoms with Gasteiger partial charge < -0.3 is 10.2 Å². The van der Waals surface area contributed by atoms with E-state index in [1.165, 1.54) is 0 Å². The maximum atomic E-state index is 13.6. The monoisotopic (exact) mass is 402 g/mol. The fraction of sp³-hybridized carbons (Fsp3) is 0.792. The second-order valence-electron chi connectivity index (χ2n) is 10.6. The molecule has 7 atom stereocenters. The highest BCUT2D eigenvalue weighted by molar-refractivity contribution is 5.95. The van der Waals surface area contributed by atoms with E-state index in [-0.39, 0.29) is 46.5 Å². The highest BCUT2D eigenvalue weighted by Gasteiger charge is 2.63. The van der Waals surface area contributed by atoms with Crippen molar-refractivity contribution in [1.82, 2.24) is 0 Å². The summed E-state index contributed by atoms with van der Waals surface area (Å²) in [6.45, 7) is 6.44. The van der Waals surface area contributed by atoms with Crippen molar-refractivity contribution in [1.29, 1.82) is 0 Å². The van der Waals surface area contributed by atoms with Crippen molar-refractivity contribution in [2.45, 2.75) is 78.6 Å². The summed E-state index contributed by atoms with van der Waals surface area (Å²) in [6.07, 6.45) is 6.17. The number of rotatable bonds is 4. The smallest absolute Gasteiger partial charge is 0.303 e. The fourth-order valence-corrected chi connectivity index (χ4v) is 7.89. The summed E-state index contributed by atoms with van der Waals surface area (Å²) in [5.41, 5.74) is 0.296. The lowest BCUT2D eigenvalue weighted by atomic mass is 9.46. The quantitative estimate of drug-likeness (QED) is 0.711. The van der Waals surface area contributed by atoms with Crippen LogP contribution in [0.15, 0.2) is 11.3 Å². The third-order valence-electron chi connectivity index (χ3n) is 9.53. The van der Waals surface area contributed by atoms with Gasteiger partial charge in [-0.05, 0) is 79.1 Å². The molecule has 5 nitrogen and oxygen atoms in total. The Bertz CT molecular complexity index is 782. The van der Waals surface area contributed by atoms with Crippen LogP contribution in [-0.2, 0) is 14.4 Å². The molecule has 4 aliphatic rings. The van der Waals surface area contributed by atoms with Gasteiger partial charge in [0.25, 0.3) is 0 Å². The van der Waals surface area contributed by atoms with Crippen LogP contribution in [0.4, 0.5) is 0 Å². The summed E-state index contributed by atoms with van der Waals surface area (Å²) in [5.74, 6) is 0.873. The van der Waals surface area contributed by atoms with Gasteiger partial charge in [-0.25, -0.2) is 0 Å². The average Bonchev–Trinajstić information content (AvgIpc) is 3.03. The molecule has 0 aromatic rings. The molecule has 29 heavy (non-hydrogen) atoms. The third-order valence-corrected chi connectivity index (χ3v) is 9.53. The molecule has 3 saturated carbocycles. The molecule has 0 spiro atoms. The molecule has 0 bridgehead atoms. The van der Waals surface area contributed by atoms with E-state index in [0.717, 1.165) is 37.7 Å². The first-order valence-corrected chi connectivity index (χ1v) is 11.3. The highest BCUT2D eigenvalue weighted by atomic mass is 16.4. The lowest BCUT2D eigenvalue weighted by Crippen LogP contribution is -2.55. The predicted octanol–water partition coefficient (Wildman–Crippen LogP) is 4.70. The largest absolute Gasteiger partial charge is 0.504 e. The normalized spacial score (nSPS) is 42.9. The number of fused-ring (bicyclic) bond motifs is 5. The molecular formula is C24H34O5. The second-order valence-corrected chi connectivity index (χ2v) is 10.6. The van der Waals surface area contributed by atoms with Gasteiger partial charge in [-0.15, -0.1) is 0 Å². The summed E-state index contributed by atoms with van der Waals surface area (Å²) in [7, 11) is 0. The first-order chi connectivity index (χ1) is 13.6. The highest BCUT2D eigenvalue weighted by Crippen LogP contribution is 2.66. The molecule has 2 N–H and O–H groups in total. The topological polar surface area (TPSA) is 91.7 Å². The Morgan fingerprint density at radius 3 is 2.55 bits per heavy atom. The molecule has 4 aliphatic carbocycles. The Morgan fingerprint density at radius 2 is 1.86 bits per heavy atom. The molecule has 0 amide bonds. The number of ketones is 2. The molecule has 0 radical (unpaired) electrons. The zero-order valence-corrected chi connectivity index (χ0v) is 17.9. The molecule has 0 aliphatic heterocycles. The van der Waals surface area contributed by atoms with E-state index in [2.05, 4.69) is 20.8 Å². The van der Waals surface area contributed by atoms with E-state index in [0.29, 0.717) is 36.9 Å². The number of aliphatic hydroxyl groups excluding tert-OH is 1. The number of aliphatic hydroxyl groups is 1. The van der Waals surface area contributed by atoms with Crippen molar-refractivity contribution in [3.05, 3.63) is 11.3 Å². The number of carbonyl (C=O) groups excluding carboxylic acids is 2. The van der Waals surface area contributed by atoms with Gasteiger partial charge in [0.05, 0.1) is 0 Å². The Labute approximate surface area is 172 Å². The van der Waals surface area contributed by atoms with Crippen LogP contribution in [0.2, 0.25) is 0 Å². The minimum atomic E-state index is -0.766. The van der Waals surface area contributed by atoms with Crippen molar-refractivity contribution >= 4 is 17.5 Å². The number of carboxylic acids is 1. The van der Waals surface area contributed by atoms with Gasteiger partial charge in [0.2, 0.25) is 0 Å². The number of Topliss-reactive ketones (excluding diaryl/α,β-unsaturated/α-hetero) is 2. The van der Waals surface area contributed by atoms with Gasteiger partial charge >= 0.3 is 5.97 Å². The number of carboxylic acid groups (broad SMARTS) is 1. The summed E-state index contributed by atoms with van der Waals surface area (Å²) >= 11 is 0. The zero-order valence-electron chi connectivity index (χ0n) is 17.9. The van der Waals surface area contributed by atoms with Crippen molar-refractivity contribution in [2.24, 2.45) is 40.4 Å². The summed E-state index contributed by atoms with van der Waals surface area (Å²) in [6, 6.07) is 0. The van der Waals surface area contributed by atoms with Crippen molar-refractivity contribution in [3.8, 4) is 0 Å². The van der Waals surface area contributed by atoms with Crippen LogP contribution < -0.4 is 0 Å². The zero-order chi connectivity index (χ0) is 21.1.